The highest BCUT2D eigenvalue weighted by molar-refractivity contribution is 7.87. The number of fused-ring (bicyclic) bond motifs is 2. The highest BCUT2D eigenvalue weighted by atomic mass is 32.2. The summed E-state index contributed by atoms with van der Waals surface area (Å²) in [5, 5.41) is 0. The first-order valence-corrected chi connectivity index (χ1v) is 16.2. The maximum atomic E-state index is 12.3. The topological polar surface area (TPSA) is 275 Å². The summed E-state index contributed by atoms with van der Waals surface area (Å²) in [6.07, 6.45) is 0. The summed E-state index contributed by atoms with van der Waals surface area (Å²) in [6, 6.07) is 8.38. The van der Waals surface area contributed by atoms with E-state index in [0.717, 1.165) is 24.3 Å². The fourth-order valence-corrected chi connectivity index (χ4v) is 6.65. The molecule has 0 amide bonds. The number of imidazole rings is 2. The van der Waals surface area contributed by atoms with Crippen LogP contribution in [-0.2, 0) is 40.5 Å². The van der Waals surface area contributed by atoms with Gasteiger partial charge in [-0.25, -0.2) is 9.97 Å². The van der Waals surface area contributed by atoms with Crippen molar-refractivity contribution < 1.29 is 51.9 Å². The number of aromatic amines is 2. The minimum absolute atomic E-state index is 0.0418. The van der Waals surface area contributed by atoms with Crippen LogP contribution in [0.3, 0.4) is 0 Å². The largest absolute Gasteiger partial charge is 0.337 e. The van der Waals surface area contributed by atoms with Gasteiger partial charge in [0.1, 0.15) is 26.3 Å². The third-order valence-electron chi connectivity index (χ3n) is 5.65. The molecular weight excluding hydrogens is 617 g/mol. The first kappa shape index (κ1) is 27.8. The molecule has 2 aromatic heterocycles. The summed E-state index contributed by atoms with van der Waals surface area (Å²) in [5.41, 5.74) is -1.12. The van der Waals surface area contributed by atoms with Crippen molar-refractivity contribution in [3.63, 3.8) is 0 Å². The molecule has 0 aliphatic rings. The molecule has 0 spiro atoms. The zero-order valence-corrected chi connectivity index (χ0v) is 22.5. The van der Waals surface area contributed by atoms with E-state index >= 15 is 0 Å². The highest BCUT2D eigenvalue weighted by Crippen LogP contribution is 2.34. The molecule has 3 aromatic carbocycles. The molecule has 210 valence electrons. The predicted molar refractivity (Wildman–Crippen MR) is 136 cm³/mol. The summed E-state index contributed by atoms with van der Waals surface area (Å²) in [6.45, 7) is 0. The van der Waals surface area contributed by atoms with E-state index in [4.69, 9.17) is 0 Å². The van der Waals surface area contributed by atoms with Crippen molar-refractivity contribution in [3.8, 4) is 22.8 Å². The maximum absolute atomic E-state index is 12.3. The molecule has 0 saturated heterocycles. The van der Waals surface area contributed by atoms with Gasteiger partial charge in [-0.15, -0.1) is 0 Å². The Hall–Kier alpha value is -3.76. The molecule has 0 atom stereocenters. The van der Waals surface area contributed by atoms with Gasteiger partial charge in [0.05, 0.1) is 27.0 Å². The van der Waals surface area contributed by atoms with Gasteiger partial charge in [0.2, 0.25) is 0 Å². The zero-order valence-electron chi connectivity index (χ0n) is 19.2. The quantitative estimate of drug-likeness (QED) is 0.146. The van der Waals surface area contributed by atoms with Crippen molar-refractivity contribution in [1.82, 2.24) is 19.9 Å². The third-order valence-corrected chi connectivity index (χ3v) is 9.15. The molecule has 20 heteroatoms. The predicted octanol–water partition coefficient (Wildman–Crippen LogP) is 1.76. The molecular formula is C20H14N4O12S4. The number of nitrogens with one attached hydrogen (secondary N) is 2. The van der Waals surface area contributed by atoms with E-state index in [9.17, 15) is 51.9 Å². The summed E-state index contributed by atoms with van der Waals surface area (Å²) in [5.74, 6) is -0.441. The first-order valence-electron chi connectivity index (χ1n) is 10.4. The normalized spacial score (nSPS) is 13.3. The molecule has 6 N–H and O–H groups in total. The molecule has 40 heavy (non-hydrogen) atoms. The molecule has 0 bridgehead atoms. The number of aromatic nitrogens is 4. The van der Waals surface area contributed by atoms with E-state index in [1.54, 1.807) is 0 Å². The van der Waals surface area contributed by atoms with E-state index < -0.39 is 60.1 Å². The van der Waals surface area contributed by atoms with Crippen LogP contribution in [0, 0.1) is 0 Å². The SMILES string of the molecule is O=S(=O)(O)c1cc(S(=O)(=O)O)c2[nH]c(-c3ccc(-c4nc5cccc(S(=O)(=O)O)c5[nH]4)c(S(=O)(=O)O)c3)nc2c1. The Labute approximate surface area is 224 Å². The van der Waals surface area contributed by atoms with Gasteiger partial charge in [-0.05, 0) is 36.4 Å². The average molecular weight is 631 g/mol. The molecule has 5 aromatic rings. The third kappa shape index (κ3) is 4.97. The summed E-state index contributed by atoms with van der Waals surface area (Å²) < 4.78 is 133. The van der Waals surface area contributed by atoms with E-state index in [-0.39, 0.29) is 44.8 Å². The second-order valence-electron chi connectivity index (χ2n) is 8.25. The Morgan fingerprint density at radius 3 is 1.73 bits per heavy atom. The molecule has 16 nitrogen and oxygen atoms in total. The Balaban J connectivity index is 1.73. The van der Waals surface area contributed by atoms with Crippen molar-refractivity contribution >= 4 is 62.5 Å². The smallest absolute Gasteiger partial charge is 0.296 e. The Morgan fingerprint density at radius 2 is 1.12 bits per heavy atom. The standard InChI is InChI=1S/C20H14N4O12S4/c25-37(26,27)10-7-13-18(16(8-10)40(34,35)36)23-19(22-13)9-4-5-11(15(6-9)39(31,32)33)20-21-12-2-1-3-14(17(12)24-20)38(28,29)30/h1-8H,(H,21,24)(H,22,23)(H,25,26,27)(H,28,29,30)(H,31,32,33)(H,34,35,36). The Kier molecular flexibility index (Phi) is 6.16. The summed E-state index contributed by atoms with van der Waals surface area (Å²) in [7, 11) is -19.6. The van der Waals surface area contributed by atoms with Crippen molar-refractivity contribution in [2.45, 2.75) is 19.6 Å². The average Bonchev–Trinajstić information content (AvgIpc) is 3.44. The fraction of sp³-hybridized carbons (Fsp3) is 0. The zero-order chi connectivity index (χ0) is 29.4. The van der Waals surface area contributed by atoms with Gasteiger partial charge in [-0.1, -0.05) is 12.1 Å². The number of para-hydroxylation sites is 1. The van der Waals surface area contributed by atoms with Crippen LogP contribution in [0.5, 0.6) is 0 Å². The minimum atomic E-state index is -5.04. The molecule has 5 rings (SSSR count). The van der Waals surface area contributed by atoms with Crippen LogP contribution in [0.2, 0.25) is 0 Å². The number of nitrogens with zero attached hydrogens (tertiary/aromatic N) is 2. The van der Waals surface area contributed by atoms with Crippen molar-refractivity contribution in [3.05, 3.63) is 48.5 Å². The molecule has 0 fully saturated rings. The Bertz CT molecular complexity index is 2320. The number of rotatable bonds is 6. The highest BCUT2D eigenvalue weighted by Gasteiger charge is 2.26. The van der Waals surface area contributed by atoms with E-state index in [2.05, 4.69) is 19.9 Å². The maximum Gasteiger partial charge on any atom is 0.296 e. The number of hydrogen-bond donors (Lipinski definition) is 6. The van der Waals surface area contributed by atoms with Crippen LogP contribution >= 0.6 is 0 Å². The van der Waals surface area contributed by atoms with Crippen LogP contribution in [0.1, 0.15) is 0 Å². The number of hydrogen-bond acceptors (Lipinski definition) is 10. The van der Waals surface area contributed by atoms with Crippen LogP contribution < -0.4 is 0 Å². The van der Waals surface area contributed by atoms with Crippen LogP contribution in [0.4, 0.5) is 0 Å². The van der Waals surface area contributed by atoms with Gasteiger partial charge in [-0.2, -0.15) is 33.7 Å². The van der Waals surface area contributed by atoms with Crippen molar-refractivity contribution in [2.24, 2.45) is 0 Å². The molecule has 0 radical (unpaired) electrons. The first-order chi connectivity index (χ1) is 18.3. The van der Waals surface area contributed by atoms with Crippen molar-refractivity contribution in [2.75, 3.05) is 0 Å². The molecule has 0 aliphatic heterocycles. The monoisotopic (exact) mass is 630 g/mol. The molecule has 0 aliphatic carbocycles. The van der Waals surface area contributed by atoms with Crippen LogP contribution in [-0.4, -0.2) is 71.8 Å². The van der Waals surface area contributed by atoms with Gasteiger partial charge in [0.25, 0.3) is 40.5 Å². The van der Waals surface area contributed by atoms with Crippen LogP contribution in [0.15, 0.2) is 68.1 Å². The van der Waals surface area contributed by atoms with Gasteiger partial charge in [0.15, 0.2) is 0 Å². The lowest BCUT2D eigenvalue weighted by molar-refractivity contribution is 0.479. The lowest BCUT2D eigenvalue weighted by Gasteiger charge is -2.07. The van der Waals surface area contributed by atoms with E-state index in [1.165, 1.54) is 18.2 Å². The van der Waals surface area contributed by atoms with Gasteiger partial charge < -0.3 is 9.97 Å². The lowest BCUT2D eigenvalue weighted by Crippen LogP contribution is -2.04. The molecule has 0 saturated carbocycles. The fourth-order valence-electron chi connectivity index (χ4n) is 3.97. The molecule has 2 heterocycles. The number of H-pyrrole nitrogens is 2. The second-order valence-corrected chi connectivity index (χ2v) is 13.8. The summed E-state index contributed by atoms with van der Waals surface area (Å²) in [4.78, 5) is 10.2. The Morgan fingerprint density at radius 1 is 0.550 bits per heavy atom. The van der Waals surface area contributed by atoms with Gasteiger partial charge in [0, 0.05) is 11.1 Å². The lowest BCUT2D eigenvalue weighted by atomic mass is 10.1. The van der Waals surface area contributed by atoms with Gasteiger partial charge in [-0.3, -0.25) is 18.2 Å². The summed E-state index contributed by atoms with van der Waals surface area (Å²) >= 11 is 0. The number of benzene rings is 3. The van der Waals surface area contributed by atoms with Crippen LogP contribution in [0.25, 0.3) is 44.8 Å². The van der Waals surface area contributed by atoms with Crippen molar-refractivity contribution in [1.29, 1.82) is 0 Å². The van der Waals surface area contributed by atoms with E-state index in [1.807, 2.05) is 0 Å². The minimum Gasteiger partial charge on any atom is -0.337 e. The van der Waals surface area contributed by atoms with E-state index in [0.29, 0.717) is 6.07 Å². The van der Waals surface area contributed by atoms with Gasteiger partial charge >= 0.3 is 0 Å². The molecule has 0 unspecified atom stereocenters. The second kappa shape index (κ2) is 8.87.